The third kappa shape index (κ3) is 5.94. The van der Waals surface area contributed by atoms with Crippen molar-refractivity contribution in [3.63, 3.8) is 0 Å². The third-order valence-electron chi connectivity index (χ3n) is 4.23. The van der Waals surface area contributed by atoms with E-state index in [1.165, 1.54) is 22.3 Å². The summed E-state index contributed by atoms with van der Waals surface area (Å²) in [6.45, 7) is 10.5. The lowest BCUT2D eigenvalue weighted by molar-refractivity contribution is 0.0765. The molecule has 148 valence electrons. The van der Waals surface area contributed by atoms with Crippen LogP contribution in [-0.4, -0.2) is 39.9 Å². The molecular formula is C23H29N3O2. The van der Waals surface area contributed by atoms with Crippen molar-refractivity contribution >= 4 is 0 Å². The molecule has 1 atom stereocenters. The van der Waals surface area contributed by atoms with Crippen LogP contribution >= 0.6 is 0 Å². The van der Waals surface area contributed by atoms with Gasteiger partial charge in [0.05, 0.1) is 12.7 Å². The normalized spacial score (nSPS) is 11.5. The molecule has 1 unspecified atom stereocenters. The summed E-state index contributed by atoms with van der Waals surface area (Å²) < 4.78 is 4.55. The number of aryl methyl sites for hydroxylation is 4. The molecule has 0 saturated heterocycles. The average molecular weight is 380 g/mol. The van der Waals surface area contributed by atoms with Gasteiger partial charge in [-0.1, -0.05) is 47.5 Å². The van der Waals surface area contributed by atoms with Gasteiger partial charge < -0.3 is 9.84 Å². The summed E-state index contributed by atoms with van der Waals surface area (Å²) in [6.07, 6.45) is 1.27. The minimum Gasteiger partial charge on any atom is -0.391 e. The van der Waals surface area contributed by atoms with Crippen molar-refractivity contribution in [3.05, 3.63) is 65.0 Å². The van der Waals surface area contributed by atoms with Crippen molar-refractivity contribution in [1.82, 2.24) is 15.0 Å². The largest absolute Gasteiger partial charge is 0.391 e. The topological polar surface area (TPSA) is 68.1 Å². The van der Waals surface area contributed by atoms with E-state index in [9.17, 15) is 0 Å². The molecule has 3 aromatic rings. The molecule has 0 saturated carbocycles. The summed E-state index contributed by atoms with van der Waals surface area (Å²) in [5.74, 6) is 1.45. The predicted octanol–water partition coefficient (Wildman–Crippen LogP) is 4.45. The Balaban J connectivity index is 0.000000409. The van der Waals surface area contributed by atoms with Gasteiger partial charge in [0, 0.05) is 18.2 Å². The lowest BCUT2D eigenvalue weighted by Gasteiger charge is -2.09. The Kier molecular flexibility index (Phi) is 7.79. The summed E-state index contributed by atoms with van der Waals surface area (Å²) in [4.78, 5) is 13.4. The van der Waals surface area contributed by atoms with E-state index in [1.807, 2.05) is 0 Å². The van der Waals surface area contributed by atoms with Crippen LogP contribution in [0.15, 0.2) is 42.7 Å². The van der Waals surface area contributed by atoms with E-state index in [2.05, 4.69) is 83.8 Å². The van der Waals surface area contributed by atoms with Gasteiger partial charge in [0.15, 0.2) is 11.6 Å². The molecular weight excluding hydrogens is 350 g/mol. The molecule has 0 bridgehead atoms. The van der Waals surface area contributed by atoms with E-state index in [-0.39, 0.29) is 6.10 Å². The van der Waals surface area contributed by atoms with Crippen molar-refractivity contribution in [3.8, 4) is 22.8 Å². The molecule has 28 heavy (non-hydrogen) atoms. The van der Waals surface area contributed by atoms with Crippen molar-refractivity contribution in [2.24, 2.45) is 0 Å². The molecule has 2 aromatic carbocycles. The zero-order chi connectivity index (χ0) is 20.7. The molecule has 0 amide bonds. The number of ether oxygens (including phenoxy) is 1. The smallest absolute Gasteiger partial charge is 0.163 e. The van der Waals surface area contributed by atoms with E-state index >= 15 is 0 Å². The predicted molar refractivity (Wildman–Crippen MR) is 113 cm³/mol. The number of benzene rings is 2. The van der Waals surface area contributed by atoms with E-state index in [0.29, 0.717) is 6.61 Å². The molecule has 0 aliphatic heterocycles. The fraction of sp³-hybridized carbons (Fsp3) is 0.348. The van der Waals surface area contributed by atoms with Gasteiger partial charge in [-0.05, 0) is 45.7 Å². The quantitative estimate of drug-likeness (QED) is 0.725. The zero-order valence-corrected chi connectivity index (χ0v) is 17.5. The molecule has 0 radical (unpaired) electrons. The second-order valence-electron chi connectivity index (χ2n) is 7.07. The van der Waals surface area contributed by atoms with E-state index in [1.54, 1.807) is 20.4 Å². The van der Waals surface area contributed by atoms with E-state index < -0.39 is 0 Å². The van der Waals surface area contributed by atoms with Crippen LogP contribution in [-0.2, 0) is 4.74 Å². The van der Waals surface area contributed by atoms with Crippen LogP contribution in [0.5, 0.6) is 0 Å². The van der Waals surface area contributed by atoms with Crippen LogP contribution in [0.4, 0.5) is 0 Å². The SMILES string of the molecule is COCC(C)O.Cc1ccc(-c2ncnc(-c3ccc(C)cc3C)n2)c(C)c1. The molecule has 1 aromatic heterocycles. The van der Waals surface area contributed by atoms with Gasteiger partial charge in [0.25, 0.3) is 0 Å². The number of rotatable bonds is 4. The van der Waals surface area contributed by atoms with Gasteiger partial charge in [-0.3, -0.25) is 0 Å². The lowest BCUT2D eigenvalue weighted by Crippen LogP contribution is -2.07. The highest BCUT2D eigenvalue weighted by Gasteiger charge is 2.10. The molecule has 0 aliphatic rings. The van der Waals surface area contributed by atoms with Crippen molar-refractivity contribution in [2.45, 2.75) is 40.7 Å². The number of aliphatic hydroxyl groups excluding tert-OH is 1. The third-order valence-corrected chi connectivity index (χ3v) is 4.23. The van der Waals surface area contributed by atoms with Crippen LogP contribution in [0.2, 0.25) is 0 Å². The van der Waals surface area contributed by atoms with Crippen LogP contribution in [0.3, 0.4) is 0 Å². The van der Waals surface area contributed by atoms with Gasteiger partial charge in [0.2, 0.25) is 0 Å². The van der Waals surface area contributed by atoms with E-state index in [4.69, 9.17) is 5.11 Å². The number of aromatic nitrogens is 3. The van der Waals surface area contributed by atoms with Gasteiger partial charge in [-0.2, -0.15) is 0 Å². The van der Waals surface area contributed by atoms with Gasteiger partial charge >= 0.3 is 0 Å². The first kappa shape index (κ1) is 21.7. The first-order chi connectivity index (χ1) is 13.3. The fourth-order valence-electron chi connectivity index (χ4n) is 2.93. The van der Waals surface area contributed by atoms with Gasteiger partial charge in [0.1, 0.15) is 6.33 Å². The minimum absolute atomic E-state index is 0.324. The summed E-state index contributed by atoms with van der Waals surface area (Å²) in [5, 5.41) is 8.43. The summed E-state index contributed by atoms with van der Waals surface area (Å²) in [5.41, 5.74) is 6.95. The molecule has 0 fully saturated rings. The molecule has 1 heterocycles. The minimum atomic E-state index is -0.324. The molecule has 5 nitrogen and oxygen atoms in total. The molecule has 5 heteroatoms. The summed E-state index contributed by atoms with van der Waals surface area (Å²) in [7, 11) is 1.56. The maximum absolute atomic E-state index is 8.43. The Labute approximate surface area is 167 Å². The second kappa shape index (κ2) is 10.1. The fourth-order valence-corrected chi connectivity index (χ4v) is 2.93. The molecule has 0 aliphatic carbocycles. The number of methoxy groups -OCH3 is 1. The van der Waals surface area contributed by atoms with Gasteiger partial charge in [-0.25, -0.2) is 15.0 Å². The Hall–Kier alpha value is -2.63. The first-order valence-electron chi connectivity index (χ1n) is 9.33. The Morgan fingerprint density at radius 3 is 1.64 bits per heavy atom. The Morgan fingerprint density at radius 2 is 1.32 bits per heavy atom. The van der Waals surface area contributed by atoms with Gasteiger partial charge in [-0.15, -0.1) is 0 Å². The van der Waals surface area contributed by atoms with E-state index in [0.717, 1.165) is 22.8 Å². The second-order valence-corrected chi connectivity index (χ2v) is 7.07. The Morgan fingerprint density at radius 1 is 0.857 bits per heavy atom. The lowest BCUT2D eigenvalue weighted by atomic mass is 10.0. The average Bonchev–Trinajstić information content (AvgIpc) is 2.62. The van der Waals surface area contributed by atoms with Crippen molar-refractivity contribution < 1.29 is 9.84 Å². The molecule has 0 spiro atoms. The van der Waals surface area contributed by atoms with Crippen molar-refractivity contribution in [1.29, 1.82) is 0 Å². The summed E-state index contributed by atoms with van der Waals surface area (Å²) >= 11 is 0. The number of aliphatic hydroxyl groups is 1. The number of nitrogens with zero attached hydrogens (tertiary/aromatic N) is 3. The van der Waals surface area contributed by atoms with Crippen molar-refractivity contribution in [2.75, 3.05) is 13.7 Å². The van der Waals surface area contributed by atoms with Crippen LogP contribution < -0.4 is 0 Å². The highest BCUT2D eigenvalue weighted by molar-refractivity contribution is 5.65. The highest BCUT2D eigenvalue weighted by Crippen LogP contribution is 2.24. The van der Waals surface area contributed by atoms with Crippen LogP contribution in [0.25, 0.3) is 22.8 Å². The molecule has 1 N–H and O–H groups in total. The molecule has 3 rings (SSSR count). The highest BCUT2D eigenvalue weighted by atomic mass is 16.5. The maximum Gasteiger partial charge on any atom is 0.163 e. The standard InChI is InChI=1S/C19H19N3.C4H10O2/c1-12-5-7-16(14(3)9-12)18-20-11-21-19(22-18)17-8-6-13(2)10-15(17)4;1-4(5)3-6-2/h5-11H,1-4H3;4-5H,3H2,1-2H3. The number of hydrogen-bond donors (Lipinski definition) is 1. The monoisotopic (exact) mass is 379 g/mol. The summed E-state index contributed by atoms with van der Waals surface area (Å²) in [6, 6.07) is 12.6. The first-order valence-corrected chi connectivity index (χ1v) is 9.33. The zero-order valence-electron chi connectivity index (χ0n) is 17.5. The van der Waals surface area contributed by atoms with Crippen LogP contribution in [0.1, 0.15) is 29.2 Å². The maximum atomic E-state index is 8.43. The Bertz CT molecular complexity index is 857. The number of hydrogen-bond acceptors (Lipinski definition) is 5. The van der Waals surface area contributed by atoms with Crippen LogP contribution in [0, 0.1) is 27.7 Å².